The summed E-state index contributed by atoms with van der Waals surface area (Å²) < 4.78 is 1.20. The van der Waals surface area contributed by atoms with E-state index in [2.05, 4.69) is 149 Å². The predicted octanol–water partition coefficient (Wildman–Crippen LogP) is 11.7. The van der Waals surface area contributed by atoms with Crippen LogP contribution >= 0.6 is 17.0 Å². The average molecular weight is 703 g/mol. The number of allylic oxidation sites excluding steroid dienone is 2. The summed E-state index contributed by atoms with van der Waals surface area (Å²) in [7, 11) is 18.0. The molecule has 43 heavy (non-hydrogen) atoms. The van der Waals surface area contributed by atoms with Gasteiger partial charge in [-0.1, -0.05) is 0 Å². The molecule has 0 fully saturated rings. The van der Waals surface area contributed by atoms with Crippen molar-refractivity contribution in [3.05, 3.63) is 137 Å². The van der Waals surface area contributed by atoms with Gasteiger partial charge in [0.2, 0.25) is 0 Å². The molecule has 6 rings (SSSR count). The van der Waals surface area contributed by atoms with Crippen molar-refractivity contribution in [3.8, 4) is 11.1 Å². The van der Waals surface area contributed by atoms with E-state index in [1.807, 2.05) is 0 Å². The SMILES string of the molecule is CCCC1=Cc2c(-c3ccc(C(C)CC)cc3)cccc2[CH]1[Zr]([Cl])([Cl])([c]1ccccc1)([CH]1C=Cc2ccccc21)[SiH](C)C. The first-order valence-electron chi connectivity index (χ1n) is 16.1. The molecule has 222 valence electrons. The molecule has 0 spiro atoms. The van der Waals surface area contributed by atoms with E-state index < -0.39 is 20.0 Å². The molecular formula is C39H44Cl2SiZr. The normalized spacial score (nSPS) is 19.9. The van der Waals surface area contributed by atoms with Crippen molar-refractivity contribution in [1.82, 2.24) is 0 Å². The second kappa shape index (κ2) is 11.1. The molecule has 0 aliphatic heterocycles. The Kier molecular flexibility index (Phi) is 8.04. The molecule has 4 heteroatoms. The molecule has 3 atom stereocenters. The van der Waals surface area contributed by atoms with Gasteiger partial charge in [0.25, 0.3) is 0 Å². The molecule has 0 saturated carbocycles. The fraction of sp³-hybridized carbons (Fsp3) is 0.282. The van der Waals surface area contributed by atoms with Gasteiger partial charge in [-0.2, -0.15) is 0 Å². The summed E-state index contributed by atoms with van der Waals surface area (Å²) in [5.41, 5.74) is 10.6. The van der Waals surface area contributed by atoms with Crippen molar-refractivity contribution >= 4 is 38.4 Å². The van der Waals surface area contributed by atoms with E-state index in [0.29, 0.717) is 5.92 Å². The maximum absolute atomic E-state index is 9.02. The van der Waals surface area contributed by atoms with E-state index in [0.717, 1.165) is 19.3 Å². The molecule has 0 amide bonds. The quantitative estimate of drug-likeness (QED) is 0.152. The van der Waals surface area contributed by atoms with Gasteiger partial charge in [-0.15, -0.1) is 0 Å². The van der Waals surface area contributed by atoms with Crippen LogP contribution in [0.25, 0.3) is 23.3 Å². The van der Waals surface area contributed by atoms with Crippen LogP contribution in [0.2, 0.25) is 13.1 Å². The number of hydrogen-bond acceptors (Lipinski definition) is 0. The first-order valence-corrected chi connectivity index (χ1v) is 33.7. The molecule has 2 aliphatic carbocycles. The van der Waals surface area contributed by atoms with Crippen LogP contribution in [0.5, 0.6) is 0 Å². The Morgan fingerprint density at radius 1 is 0.791 bits per heavy atom. The Morgan fingerprint density at radius 2 is 1.47 bits per heavy atom. The first-order chi connectivity index (χ1) is 20.6. The molecule has 0 bridgehead atoms. The van der Waals surface area contributed by atoms with Crippen molar-refractivity contribution in [2.45, 2.75) is 66.3 Å². The Morgan fingerprint density at radius 3 is 2.14 bits per heavy atom. The summed E-state index contributed by atoms with van der Waals surface area (Å²) in [6, 6.07) is 35.9. The molecule has 2 aliphatic rings. The van der Waals surface area contributed by atoms with Crippen LogP contribution < -0.4 is 3.27 Å². The molecule has 4 aromatic carbocycles. The first kappa shape index (κ1) is 31.0. The Hall–Kier alpha value is -1.96. The summed E-state index contributed by atoms with van der Waals surface area (Å²) in [6.45, 7) is 11.7. The van der Waals surface area contributed by atoms with Crippen molar-refractivity contribution in [3.63, 3.8) is 0 Å². The van der Waals surface area contributed by atoms with Crippen molar-refractivity contribution < 1.29 is 14.1 Å². The van der Waals surface area contributed by atoms with Gasteiger partial charge < -0.3 is 0 Å². The van der Waals surface area contributed by atoms with E-state index in [1.54, 1.807) is 0 Å². The van der Waals surface area contributed by atoms with Gasteiger partial charge in [0.1, 0.15) is 0 Å². The summed E-state index contributed by atoms with van der Waals surface area (Å²) in [5, 5.41) is 0. The summed E-state index contributed by atoms with van der Waals surface area (Å²) in [4.78, 5) is 0. The fourth-order valence-corrected chi connectivity index (χ4v) is 51.9. The molecule has 0 nitrogen and oxygen atoms in total. The summed E-state index contributed by atoms with van der Waals surface area (Å²) in [6.07, 6.45) is 10.4. The standard InChI is InChI=1S/C22H25.C9H7.C6H5.C2H7Si.2ClH.Zr/c1-4-7-17-14-20-8-6-9-21(22(20)15-17)19-12-10-18(11-13-19)16(3)5-2;1-2-5-9-7-3-6-8(9)4-1;1-2-4-6-5-3-1;1-3-2;;;/h6,8-16H,4-5,7H2,1-3H3;1-7H;1-5H;3H,1-2H3;2*1H;/q;;;;;;+2/p-2. The zero-order valence-corrected chi connectivity index (χ0v) is 31.3. The number of rotatable bonds is 9. The van der Waals surface area contributed by atoms with Crippen LogP contribution in [0.1, 0.15) is 81.0 Å². The summed E-state index contributed by atoms with van der Waals surface area (Å²) >= 11 is -5.72. The van der Waals surface area contributed by atoms with Crippen LogP contribution in [0.4, 0.5) is 0 Å². The summed E-state index contributed by atoms with van der Waals surface area (Å²) in [5.74, 6) is -1.28. The Labute approximate surface area is 264 Å². The van der Waals surface area contributed by atoms with Crippen molar-refractivity contribution in [2.75, 3.05) is 0 Å². The Balaban J connectivity index is 1.67. The number of hydrogen-bond donors (Lipinski definition) is 0. The number of fused-ring (bicyclic) bond motifs is 2. The molecule has 0 saturated heterocycles. The molecular weight excluding hydrogens is 659 g/mol. The third kappa shape index (κ3) is 4.38. The van der Waals surface area contributed by atoms with E-state index in [1.165, 1.54) is 47.8 Å². The zero-order chi connectivity index (χ0) is 30.5. The third-order valence-electron chi connectivity index (χ3n) is 11.2. The predicted molar refractivity (Wildman–Crippen MR) is 191 cm³/mol. The molecule has 0 radical (unpaired) electrons. The van der Waals surface area contributed by atoms with Gasteiger partial charge in [-0.05, 0) is 0 Å². The van der Waals surface area contributed by atoms with Gasteiger partial charge in [0.15, 0.2) is 0 Å². The van der Waals surface area contributed by atoms with Crippen LogP contribution in [0, 0.1) is 0 Å². The minimum absolute atomic E-state index is 0.00584. The monoisotopic (exact) mass is 700 g/mol. The third-order valence-corrected chi connectivity index (χ3v) is 78.4. The molecule has 4 aromatic rings. The second-order valence-corrected chi connectivity index (χ2v) is 64.5. The molecule has 0 N–H and O–H groups in total. The van der Waals surface area contributed by atoms with Crippen molar-refractivity contribution in [2.24, 2.45) is 0 Å². The number of benzene rings is 4. The van der Waals surface area contributed by atoms with E-state index in [4.69, 9.17) is 17.0 Å². The van der Waals surface area contributed by atoms with Gasteiger partial charge in [0.05, 0.1) is 0 Å². The van der Waals surface area contributed by atoms with Crippen molar-refractivity contribution in [1.29, 1.82) is 0 Å². The van der Waals surface area contributed by atoms with Gasteiger partial charge >= 0.3 is 266 Å². The van der Waals surface area contributed by atoms with Gasteiger partial charge in [-0.25, -0.2) is 0 Å². The van der Waals surface area contributed by atoms with Gasteiger partial charge in [0, 0.05) is 0 Å². The second-order valence-electron chi connectivity index (χ2n) is 13.5. The topological polar surface area (TPSA) is 0 Å². The minimum atomic E-state index is -5.72. The zero-order valence-electron chi connectivity index (χ0n) is 26.2. The molecule has 0 heterocycles. The van der Waals surface area contributed by atoms with Crippen LogP contribution in [-0.2, 0) is 14.1 Å². The fourth-order valence-electron chi connectivity index (χ4n) is 8.53. The Bertz CT molecular complexity index is 1740. The van der Waals surface area contributed by atoms with Crippen LogP contribution in [0.3, 0.4) is 0 Å². The van der Waals surface area contributed by atoms with E-state index >= 15 is 0 Å². The number of halogens is 2. The maximum atomic E-state index is 9.02. The molecule has 3 unspecified atom stereocenters. The van der Waals surface area contributed by atoms with E-state index in [9.17, 15) is 0 Å². The van der Waals surface area contributed by atoms with Gasteiger partial charge in [-0.3, -0.25) is 0 Å². The van der Waals surface area contributed by atoms with Crippen LogP contribution in [0.15, 0.2) is 109 Å². The molecule has 0 aromatic heterocycles. The average Bonchev–Trinajstić information content (AvgIpc) is 3.65. The van der Waals surface area contributed by atoms with Crippen LogP contribution in [-0.4, -0.2) is 5.92 Å². The van der Waals surface area contributed by atoms with E-state index in [-0.39, 0.29) is 7.25 Å².